The van der Waals surface area contributed by atoms with E-state index in [9.17, 15) is 0 Å². The smallest absolute Gasteiger partial charge is 0.235 e. The third-order valence-corrected chi connectivity index (χ3v) is 9.97. The summed E-state index contributed by atoms with van der Waals surface area (Å²) in [6.45, 7) is 4.52. The van der Waals surface area contributed by atoms with Gasteiger partial charge in [-0.05, 0) is 60.4 Å². The second kappa shape index (κ2) is 9.51. The molecule has 3 aromatic heterocycles. The third-order valence-electron chi connectivity index (χ3n) is 9.97. The molecule has 1 aliphatic carbocycles. The van der Waals surface area contributed by atoms with E-state index in [1.54, 1.807) is 0 Å². The quantitative estimate of drug-likeness (QED) is 0.202. The van der Waals surface area contributed by atoms with Gasteiger partial charge in [-0.15, -0.1) is 0 Å². The first-order valence-corrected chi connectivity index (χ1v) is 16.1. The summed E-state index contributed by atoms with van der Waals surface area (Å²) in [6, 6.07) is 49.1. The Morgan fingerprint density at radius 3 is 2.11 bits per heavy atom. The van der Waals surface area contributed by atoms with Crippen LogP contribution < -0.4 is 0 Å². The predicted octanol–water partition coefficient (Wildman–Crippen LogP) is 11.1. The van der Waals surface area contributed by atoms with Crippen LogP contribution in [-0.4, -0.2) is 14.5 Å². The highest BCUT2D eigenvalue weighted by Gasteiger charge is 2.41. The summed E-state index contributed by atoms with van der Waals surface area (Å²) >= 11 is 0. The minimum atomic E-state index is -0.246. The van der Waals surface area contributed by atoms with E-state index >= 15 is 0 Å². The molecule has 0 amide bonds. The van der Waals surface area contributed by atoms with E-state index in [2.05, 4.69) is 146 Å². The number of hydrogen-bond donors (Lipinski definition) is 0. The maximum Gasteiger partial charge on any atom is 0.235 e. The summed E-state index contributed by atoms with van der Waals surface area (Å²) in [5.41, 5.74) is 11.5. The molecule has 9 aromatic rings. The van der Waals surface area contributed by atoms with Crippen LogP contribution in [0.3, 0.4) is 0 Å². The third kappa shape index (κ3) is 3.64. The Morgan fingerprint density at radius 2 is 1.28 bits per heavy atom. The monoisotopic (exact) mass is 603 g/mol. The van der Waals surface area contributed by atoms with Crippen molar-refractivity contribution in [1.82, 2.24) is 14.5 Å². The van der Waals surface area contributed by atoms with Crippen LogP contribution in [0.5, 0.6) is 0 Å². The Bertz CT molecular complexity index is 2700. The normalized spacial score (nSPS) is 13.5. The SMILES string of the molecule is CC1(C)c2ccccc2-c2c1oc1c2ccc2c3ccccc3n(-c3nc(-c4ccccc4)c4cc(-c5ccccc5)ccc4n3)c21. The summed E-state index contributed by atoms with van der Waals surface area (Å²) in [7, 11) is 0. The van der Waals surface area contributed by atoms with Gasteiger partial charge in [0.15, 0.2) is 5.58 Å². The molecule has 222 valence electrons. The van der Waals surface area contributed by atoms with Gasteiger partial charge in [-0.2, -0.15) is 0 Å². The summed E-state index contributed by atoms with van der Waals surface area (Å²) in [5, 5.41) is 4.40. The molecule has 0 bridgehead atoms. The van der Waals surface area contributed by atoms with Crippen LogP contribution in [0.15, 0.2) is 144 Å². The minimum Gasteiger partial charge on any atom is -0.457 e. The van der Waals surface area contributed by atoms with E-state index in [-0.39, 0.29) is 5.41 Å². The van der Waals surface area contributed by atoms with Gasteiger partial charge in [-0.3, -0.25) is 4.57 Å². The van der Waals surface area contributed by atoms with Gasteiger partial charge in [0.2, 0.25) is 5.95 Å². The van der Waals surface area contributed by atoms with Crippen LogP contribution in [0.4, 0.5) is 0 Å². The Hall–Kier alpha value is -6.00. The van der Waals surface area contributed by atoms with Gasteiger partial charge in [0, 0.05) is 38.1 Å². The fraction of sp³-hybridized carbons (Fsp3) is 0.0698. The van der Waals surface area contributed by atoms with Crippen molar-refractivity contribution >= 4 is 43.7 Å². The van der Waals surface area contributed by atoms with Gasteiger partial charge in [0.25, 0.3) is 0 Å². The first-order chi connectivity index (χ1) is 23.1. The van der Waals surface area contributed by atoms with Crippen LogP contribution in [0.2, 0.25) is 0 Å². The number of nitrogens with zero attached hydrogens (tertiary/aromatic N) is 3. The molecule has 0 unspecified atom stereocenters. The lowest BCUT2D eigenvalue weighted by atomic mass is 9.86. The van der Waals surface area contributed by atoms with Crippen molar-refractivity contribution in [1.29, 1.82) is 0 Å². The van der Waals surface area contributed by atoms with Crippen molar-refractivity contribution in [2.75, 3.05) is 0 Å². The Kier molecular flexibility index (Phi) is 5.31. The zero-order chi connectivity index (χ0) is 31.3. The van der Waals surface area contributed by atoms with Crippen molar-refractivity contribution in [3.63, 3.8) is 0 Å². The molecule has 0 radical (unpaired) electrons. The summed E-state index contributed by atoms with van der Waals surface area (Å²) in [5.74, 6) is 1.63. The van der Waals surface area contributed by atoms with Gasteiger partial charge >= 0.3 is 0 Å². The Balaban J connectivity index is 1.31. The number of aromatic nitrogens is 3. The molecule has 0 atom stereocenters. The summed E-state index contributed by atoms with van der Waals surface area (Å²) in [6.07, 6.45) is 0. The fourth-order valence-corrected chi connectivity index (χ4v) is 7.73. The first-order valence-electron chi connectivity index (χ1n) is 16.1. The summed E-state index contributed by atoms with van der Waals surface area (Å²) < 4.78 is 9.21. The van der Waals surface area contributed by atoms with Crippen LogP contribution in [0.1, 0.15) is 25.2 Å². The van der Waals surface area contributed by atoms with Gasteiger partial charge in [-0.1, -0.05) is 115 Å². The molecule has 0 saturated carbocycles. The fourth-order valence-electron chi connectivity index (χ4n) is 7.73. The van der Waals surface area contributed by atoms with Crippen molar-refractivity contribution in [2.24, 2.45) is 0 Å². The highest BCUT2D eigenvalue weighted by Crippen LogP contribution is 2.54. The molecular formula is C43H29N3O. The molecule has 0 saturated heterocycles. The number of fused-ring (bicyclic) bond motifs is 10. The largest absolute Gasteiger partial charge is 0.457 e. The summed E-state index contributed by atoms with van der Waals surface area (Å²) in [4.78, 5) is 10.7. The second-order valence-electron chi connectivity index (χ2n) is 13.0. The minimum absolute atomic E-state index is 0.246. The van der Waals surface area contributed by atoms with Crippen LogP contribution >= 0.6 is 0 Å². The van der Waals surface area contributed by atoms with E-state index in [0.29, 0.717) is 5.95 Å². The number of hydrogen-bond acceptors (Lipinski definition) is 3. The molecular weight excluding hydrogens is 574 g/mol. The van der Waals surface area contributed by atoms with Gasteiger partial charge in [0.1, 0.15) is 11.3 Å². The van der Waals surface area contributed by atoms with Gasteiger partial charge in [0.05, 0.1) is 16.7 Å². The lowest BCUT2D eigenvalue weighted by Crippen LogP contribution is -2.14. The van der Waals surface area contributed by atoms with Crippen LogP contribution in [0.25, 0.3) is 83.1 Å². The topological polar surface area (TPSA) is 43.9 Å². The van der Waals surface area contributed by atoms with E-state index in [1.807, 2.05) is 12.1 Å². The van der Waals surface area contributed by atoms with E-state index in [0.717, 1.165) is 71.8 Å². The zero-order valence-electron chi connectivity index (χ0n) is 26.0. The van der Waals surface area contributed by atoms with Gasteiger partial charge in [-0.25, -0.2) is 9.97 Å². The predicted molar refractivity (Wildman–Crippen MR) is 192 cm³/mol. The highest BCUT2D eigenvalue weighted by atomic mass is 16.3. The molecule has 3 heterocycles. The molecule has 47 heavy (non-hydrogen) atoms. The number of rotatable bonds is 3. The standard InChI is InChI=1S/C43H29N3O/c1-43(2)34-19-11-9-18-31(34)37-32-23-22-30-29-17-10-12-20-36(29)46(39(30)40(32)47-41(37)43)42-44-35-24-21-28(26-13-5-3-6-14-26)25-33(35)38(45-42)27-15-7-4-8-16-27/h3-25H,1-2H3. The molecule has 0 N–H and O–H groups in total. The maximum atomic E-state index is 7.00. The average molecular weight is 604 g/mol. The van der Waals surface area contributed by atoms with Crippen LogP contribution in [-0.2, 0) is 5.41 Å². The zero-order valence-corrected chi connectivity index (χ0v) is 26.0. The van der Waals surface area contributed by atoms with Crippen molar-refractivity contribution < 1.29 is 4.42 Å². The molecule has 6 aromatic carbocycles. The van der Waals surface area contributed by atoms with Crippen molar-refractivity contribution in [2.45, 2.75) is 19.3 Å². The lowest BCUT2D eigenvalue weighted by molar-refractivity contribution is 0.466. The Labute approximate surface area is 271 Å². The number of furan rings is 1. The lowest BCUT2D eigenvalue weighted by Gasteiger charge is -2.18. The van der Waals surface area contributed by atoms with Crippen molar-refractivity contribution in [3.05, 3.63) is 151 Å². The van der Waals surface area contributed by atoms with Crippen LogP contribution in [0, 0.1) is 0 Å². The molecule has 0 aliphatic heterocycles. The number of benzene rings is 6. The number of para-hydroxylation sites is 1. The molecule has 4 nitrogen and oxygen atoms in total. The molecule has 10 rings (SSSR count). The van der Waals surface area contributed by atoms with E-state index in [4.69, 9.17) is 14.4 Å². The Morgan fingerprint density at radius 1 is 0.574 bits per heavy atom. The molecule has 4 heteroatoms. The second-order valence-corrected chi connectivity index (χ2v) is 13.0. The van der Waals surface area contributed by atoms with E-state index in [1.165, 1.54) is 16.7 Å². The maximum absolute atomic E-state index is 7.00. The van der Waals surface area contributed by atoms with E-state index < -0.39 is 0 Å². The van der Waals surface area contributed by atoms with Gasteiger partial charge < -0.3 is 4.42 Å². The molecule has 0 fully saturated rings. The molecule has 0 spiro atoms. The highest BCUT2D eigenvalue weighted by molar-refractivity contribution is 6.19. The van der Waals surface area contributed by atoms with Crippen molar-refractivity contribution in [3.8, 4) is 39.5 Å². The first kappa shape index (κ1) is 26.2. The average Bonchev–Trinajstić information content (AvgIpc) is 3.75. The molecule has 1 aliphatic rings.